The summed E-state index contributed by atoms with van der Waals surface area (Å²) in [6, 6.07) is 14.0. The van der Waals surface area contributed by atoms with Gasteiger partial charge in [-0.25, -0.2) is 8.42 Å². The molecule has 1 aliphatic rings. The van der Waals surface area contributed by atoms with Gasteiger partial charge in [-0.3, -0.25) is 4.79 Å². The molecule has 0 radical (unpaired) electrons. The highest BCUT2D eigenvalue weighted by Crippen LogP contribution is 2.21. The molecule has 6 heteroatoms. The number of rotatable bonds is 6. The minimum Gasteiger partial charge on any atom is -0.326 e. The number of carbonyl (C=O) groups is 1. The number of terminal acetylenes is 1. The van der Waals surface area contributed by atoms with Gasteiger partial charge in [-0.15, -0.1) is 6.42 Å². The van der Waals surface area contributed by atoms with Gasteiger partial charge in [0.1, 0.15) is 0 Å². The van der Waals surface area contributed by atoms with E-state index in [1.807, 2.05) is 0 Å². The number of amides is 1. The van der Waals surface area contributed by atoms with Gasteiger partial charge >= 0.3 is 0 Å². The highest BCUT2D eigenvalue weighted by molar-refractivity contribution is 7.89. The van der Waals surface area contributed by atoms with E-state index in [9.17, 15) is 13.2 Å². The second-order valence-electron chi connectivity index (χ2n) is 6.88. The monoisotopic (exact) mass is 396 g/mol. The molecule has 1 aliphatic heterocycles. The average Bonchev–Trinajstić information content (AvgIpc) is 2.73. The van der Waals surface area contributed by atoms with Gasteiger partial charge in [0.25, 0.3) is 0 Å². The Bertz CT molecular complexity index is 970. The number of nitrogens with zero attached hydrogens (tertiary/aromatic N) is 1. The zero-order valence-corrected chi connectivity index (χ0v) is 16.5. The van der Waals surface area contributed by atoms with Gasteiger partial charge < -0.3 is 5.32 Å². The number of benzene rings is 2. The maximum atomic E-state index is 12.7. The Labute approximate surface area is 166 Å². The van der Waals surface area contributed by atoms with Gasteiger partial charge in [0.05, 0.1) is 4.90 Å². The van der Waals surface area contributed by atoms with Crippen molar-refractivity contribution in [3.8, 4) is 12.3 Å². The van der Waals surface area contributed by atoms with E-state index in [4.69, 9.17) is 6.42 Å². The number of hydrogen-bond acceptors (Lipinski definition) is 3. The van der Waals surface area contributed by atoms with Crippen molar-refractivity contribution in [1.29, 1.82) is 0 Å². The van der Waals surface area contributed by atoms with Gasteiger partial charge in [0.2, 0.25) is 15.9 Å². The van der Waals surface area contributed by atoms with Crippen LogP contribution < -0.4 is 5.32 Å². The smallest absolute Gasteiger partial charge is 0.243 e. The number of carbonyl (C=O) groups excluding carboxylic acids is 1. The van der Waals surface area contributed by atoms with Crippen LogP contribution >= 0.6 is 0 Å². The van der Waals surface area contributed by atoms with Crippen LogP contribution in [-0.2, 0) is 21.2 Å². The van der Waals surface area contributed by atoms with Crippen LogP contribution in [-0.4, -0.2) is 31.7 Å². The molecule has 2 aromatic rings. The largest absolute Gasteiger partial charge is 0.326 e. The Hall–Kier alpha value is -2.62. The van der Waals surface area contributed by atoms with Crippen LogP contribution in [0.4, 0.5) is 5.69 Å². The van der Waals surface area contributed by atoms with Crippen molar-refractivity contribution < 1.29 is 13.2 Å². The summed E-state index contributed by atoms with van der Waals surface area (Å²) in [7, 11) is -3.42. The second-order valence-corrected chi connectivity index (χ2v) is 8.82. The number of nitrogens with one attached hydrogen (secondary N) is 1. The number of aryl methyl sites for hydroxylation is 1. The lowest BCUT2D eigenvalue weighted by molar-refractivity contribution is -0.116. The molecule has 1 heterocycles. The summed E-state index contributed by atoms with van der Waals surface area (Å²) >= 11 is 0. The van der Waals surface area contributed by atoms with Crippen LogP contribution in [0.2, 0.25) is 0 Å². The summed E-state index contributed by atoms with van der Waals surface area (Å²) in [5.41, 5.74) is 2.30. The van der Waals surface area contributed by atoms with Crippen molar-refractivity contribution in [2.24, 2.45) is 0 Å². The fourth-order valence-electron chi connectivity index (χ4n) is 3.25. The Morgan fingerprint density at radius 1 is 1.07 bits per heavy atom. The van der Waals surface area contributed by atoms with E-state index in [-0.39, 0.29) is 5.91 Å². The first-order chi connectivity index (χ1) is 13.5. The summed E-state index contributed by atoms with van der Waals surface area (Å²) in [6.07, 6.45) is 9.11. The molecule has 146 valence electrons. The first-order valence-electron chi connectivity index (χ1n) is 9.45. The molecule has 1 fully saturated rings. The maximum Gasteiger partial charge on any atom is 0.243 e. The molecule has 3 rings (SSSR count). The van der Waals surface area contributed by atoms with E-state index in [2.05, 4.69) is 11.2 Å². The fraction of sp³-hybridized carbons (Fsp3) is 0.318. The molecular weight excluding hydrogens is 372 g/mol. The number of sulfonamides is 1. The molecule has 5 nitrogen and oxygen atoms in total. The van der Waals surface area contributed by atoms with Gasteiger partial charge in [-0.2, -0.15) is 4.31 Å². The number of piperidine rings is 1. The summed E-state index contributed by atoms with van der Waals surface area (Å²) in [6.45, 7) is 1.18. The van der Waals surface area contributed by atoms with Crippen molar-refractivity contribution >= 4 is 21.6 Å². The second kappa shape index (κ2) is 9.05. The lowest BCUT2D eigenvalue weighted by Crippen LogP contribution is -2.35. The molecule has 1 amide bonds. The topological polar surface area (TPSA) is 66.5 Å². The SMILES string of the molecule is C#Cc1cccc(NC(=O)CCc2ccc(S(=O)(=O)N3CCCCC3)cc2)c1. The Morgan fingerprint density at radius 2 is 1.79 bits per heavy atom. The molecule has 0 atom stereocenters. The zero-order valence-electron chi connectivity index (χ0n) is 15.7. The summed E-state index contributed by atoms with van der Waals surface area (Å²) in [5, 5.41) is 2.83. The molecular formula is C22H24N2O3S. The average molecular weight is 397 g/mol. The quantitative estimate of drug-likeness (QED) is 0.761. The van der Waals surface area contributed by atoms with Crippen LogP contribution in [0.5, 0.6) is 0 Å². The minimum atomic E-state index is -3.42. The third-order valence-corrected chi connectivity index (χ3v) is 6.74. The van der Waals surface area contributed by atoms with Crippen LogP contribution in [0.3, 0.4) is 0 Å². The van der Waals surface area contributed by atoms with Gasteiger partial charge in [-0.1, -0.05) is 30.5 Å². The first kappa shape index (κ1) is 20.1. The molecule has 0 aliphatic carbocycles. The molecule has 2 aromatic carbocycles. The molecule has 0 unspecified atom stereocenters. The molecule has 0 saturated carbocycles. The summed E-state index contributed by atoms with van der Waals surface area (Å²) < 4.78 is 26.9. The standard InChI is InChI=1S/C22H24N2O3S/c1-2-18-7-6-8-20(17-18)23-22(25)14-11-19-9-12-21(13-10-19)28(26,27)24-15-4-3-5-16-24/h1,6-10,12-13,17H,3-5,11,14-16H2,(H,23,25). The van der Waals surface area contributed by atoms with Crippen LogP contribution in [0.1, 0.15) is 36.8 Å². The normalized spacial score (nSPS) is 15.0. The van der Waals surface area contributed by atoms with E-state index in [1.165, 1.54) is 0 Å². The zero-order chi connectivity index (χ0) is 20.0. The Kier molecular flexibility index (Phi) is 6.50. The van der Waals surface area contributed by atoms with Crippen LogP contribution in [0.15, 0.2) is 53.4 Å². The Morgan fingerprint density at radius 3 is 2.46 bits per heavy atom. The summed E-state index contributed by atoms with van der Waals surface area (Å²) in [5.74, 6) is 2.42. The van der Waals surface area contributed by atoms with Crippen molar-refractivity contribution in [2.45, 2.75) is 37.0 Å². The fourth-order valence-corrected chi connectivity index (χ4v) is 4.77. The minimum absolute atomic E-state index is 0.112. The number of hydrogen-bond donors (Lipinski definition) is 1. The van der Waals surface area contributed by atoms with Crippen molar-refractivity contribution in [3.05, 3.63) is 59.7 Å². The third-order valence-electron chi connectivity index (χ3n) is 4.83. The molecule has 0 aromatic heterocycles. The Balaban J connectivity index is 1.56. The van der Waals surface area contributed by atoms with Gasteiger partial charge in [-0.05, 0) is 55.2 Å². The van der Waals surface area contributed by atoms with Gasteiger partial charge in [0.15, 0.2) is 0 Å². The van der Waals surface area contributed by atoms with Crippen molar-refractivity contribution in [3.63, 3.8) is 0 Å². The predicted octanol–water partition coefficient (Wildman–Crippen LogP) is 3.41. The number of anilines is 1. The van der Waals surface area contributed by atoms with Crippen molar-refractivity contribution in [2.75, 3.05) is 18.4 Å². The van der Waals surface area contributed by atoms with E-state index in [0.717, 1.165) is 24.8 Å². The molecule has 28 heavy (non-hydrogen) atoms. The van der Waals surface area contributed by atoms with Crippen LogP contribution in [0, 0.1) is 12.3 Å². The van der Waals surface area contributed by atoms with Crippen molar-refractivity contribution in [1.82, 2.24) is 4.31 Å². The lowest BCUT2D eigenvalue weighted by Gasteiger charge is -2.25. The van der Waals surface area contributed by atoms with E-state index in [1.54, 1.807) is 52.8 Å². The third kappa shape index (κ3) is 5.00. The highest BCUT2D eigenvalue weighted by Gasteiger charge is 2.25. The molecule has 0 bridgehead atoms. The summed E-state index contributed by atoms with van der Waals surface area (Å²) in [4.78, 5) is 12.5. The maximum absolute atomic E-state index is 12.7. The molecule has 1 N–H and O–H groups in total. The van der Waals surface area contributed by atoms with Crippen LogP contribution in [0.25, 0.3) is 0 Å². The van der Waals surface area contributed by atoms with Gasteiger partial charge in [0, 0.05) is 30.8 Å². The lowest BCUT2D eigenvalue weighted by atomic mass is 10.1. The highest BCUT2D eigenvalue weighted by atomic mass is 32.2. The molecule has 0 spiro atoms. The van der Waals surface area contributed by atoms with E-state index in [0.29, 0.717) is 42.1 Å². The predicted molar refractivity (Wildman–Crippen MR) is 110 cm³/mol. The molecule has 1 saturated heterocycles. The van der Waals surface area contributed by atoms with E-state index < -0.39 is 10.0 Å². The van der Waals surface area contributed by atoms with E-state index >= 15 is 0 Å². The first-order valence-corrected chi connectivity index (χ1v) is 10.9.